The first kappa shape index (κ1) is 12.2. The highest BCUT2D eigenvalue weighted by Gasteiger charge is 2.22. The van der Waals surface area contributed by atoms with E-state index in [1.54, 1.807) is 6.08 Å². The summed E-state index contributed by atoms with van der Waals surface area (Å²) in [5, 5.41) is 4.65. The van der Waals surface area contributed by atoms with Crippen molar-refractivity contribution in [2.24, 2.45) is 0 Å². The largest absolute Gasteiger partial charge is 0.326 e. The topological polar surface area (TPSA) is 58.2 Å². The van der Waals surface area contributed by atoms with Gasteiger partial charge >= 0.3 is 6.03 Å². The average Bonchev–Trinajstić information content (AvgIpc) is 2.78. The normalized spacial score (nSPS) is 16.1. The van der Waals surface area contributed by atoms with Gasteiger partial charge in [-0.25, -0.2) is 4.79 Å². The molecule has 1 fully saturated rings. The highest BCUT2D eigenvalue weighted by molar-refractivity contribution is 6.14. The summed E-state index contributed by atoms with van der Waals surface area (Å²) in [7, 11) is 0. The van der Waals surface area contributed by atoms with Crippen LogP contribution in [0.25, 0.3) is 17.2 Å². The molecular formula is C16H12N2O2. The van der Waals surface area contributed by atoms with E-state index < -0.39 is 11.9 Å². The highest BCUT2D eigenvalue weighted by atomic mass is 16.2. The van der Waals surface area contributed by atoms with Gasteiger partial charge in [0.2, 0.25) is 0 Å². The van der Waals surface area contributed by atoms with Crippen LogP contribution in [0.1, 0.15) is 5.56 Å². The maximum atomic E-state index is 11.5. The molecule has 1 saturated heterocycles. The summed E-state index contributed by atoms with van der Waals surface area (Å²) in [4.78, 5) is 22.5. The lowest BCUT2D eigenvalue weighted by Gasteiger charge is -2.03. The Bertz CT molecular complexity index is 705. The Hall–Kier alpha value is -2.88. The molecule has 0 bridgehead atoms. The maximum Gasteiger partial charge on any atom is 0.326 e. The van der Waals surface area contributed by atoms with Crippen molar-refractivity contribution in [2.45, 2.75) is 0 Å². The van der Waals surface area contributed by atoms with Crippen molar-refractivity contribution < 1.29 is 9.59 Å². The monoisotopic (exact) mass is 264 g/mol. The fourth-order valence-electron chi connectivity index (χ4n) is 2.09. The summed E-state index contributed by atoms with van der Waals surface area (Å²) in [6.07, 6.45) is 1.66. The number of hydrogen-bond donors (Lipinski definition) is 2. The van der Waals surface area contributed by atoms with Gasteiger partial charge in [-0.2, -0.15) is 0 Å². The Morgan fingerprint density at radius 3 is 2.25 bits per heavy atom. The van der Waals surface area contributed by atoms with E-state index in [0.717, 1.165) is 16.7 Å². The Labute approximate surface area is 116 Å². The van der Waals surface area contributed by atoms with Crippen molar-refractivity contribution in [1.29, 1.82) is 0 Å². The van der Waals surface area contributed by atoms with Gasteiger partial charge in [0.1, 0.15) is 5.70 Å². The lowest BCUT2D eigenvalue weighted by atomic mass is 10.0. The van der Waals surface area contributed by atoms with Crippen LogP contribution in [0.3, 0.4) is 0 Å². The van der Waals surface area contributed by atoms with Crippen molar-refractivity contribution in [3.8, 4) is 11.1 Å². The lowest BCUT2D eigenvalue weighted by molar-refractivity contribution is -0.115. The van der Waals surface area contributed by atoms with Gasteiger partial charge in [-0.15, -0.1) is 0 Å². The summed E-state index contributed by atoms with van der Waals surface area (Å²) in [5.41, 5.74) is 3.29. The fourth-order valence-corrected chi connectivity index (χ4v) is 2.09. The highest BCUT2D eigenvalue weighted by Crippen LogP contribution is 2.21. The Morgan fingerprint density at radius 2 is 1.55 bits per heavy atom. The van der Waals surface area contributed by atoms with Gasteiger partial charge in [0.15, 0.2) is 0 Å². The third kappa shape index (κ3) is 2.44. The third-order valence-corrected chi connectivity index (χ3v) is 3.02. The molecule has 1 heterocycles. The van der Waals surface area contributed by atoms with Crippen LogP contribution in [0.2, 0.25) is 0 Å². The van der Waals surface area contributed by atoms with E-state index in [9.17, 15) is 9.59 Å². The molecule has 0 spiro atoms. The summed E-state index contributed by atoms with van der Waals surface area (Å²) in [5.74, 6) is -0.403. The number of amides is 3. The van der Waals surface area contributed by atoms with Crippen molar-refractivity contribution in [3.63, 3.8) is 0 Å². The minimum atomic E-state index is -0.486. The fraction of sp³-hybridized carbons (Fsp3) is 0. The number of urea groups is 1. The van der Waals surface area contributed by atoms with Crippen molar-refractivity contribution in [1.82, 2.24) is 10.6 Å². The second kappa shape index (κ2) is 5.01. The van der Waals surface area contributed by atoms with Gasteiger partial charge in [0.05, 0.1) is 0 Å². The number of nitrogens with one attached hydrogen (secondary N) is 2. The molecule has 4 heteroatoms. The maximum absolute atomic E-state index is 11.5. The molecule has 2 aromatic rings. The number of imide groups is 1. The lowest BCUT2D eigenvalue weighted by Crippen LogP contribution is -2.22. The van der Waals surface area contributed by atoms with Crippen LogP contribution in [0.5, 0.6) is 0 Å². The first-order valence-electron chi connectivity index (χ1n) is 6.22. The van der Waals surface area contributed by atoms with Gasteiger partial charge in [0, 0.05) is 0 Å². The van der Waals surface area contributed by atoms with E-state index in [0.29, 0.717) is 0 Å². The molecule has 20 heavy (non-hydrogen) atoms. The molecule has 0 aliphatic carbocycles. The zero-order chi connectivity index (χ0) is 13.9. The van der Waals surface area contributed by atoms with Crippen molar-refractivity contribution in [3.05, 3.63) is 65.9 Å². The van der Waals surface area contributed by atoms with E-state index in [4.69, 9.17) is 0 Å². The first-order chi connectivity index (χ1) is 9.72. The molecule has 1 aliphatic rings. The molecule has 0 aromatic heterocycles. The quantitative estimate of drug-likeness (QED) is 0.647. The molecule has 0 radical (unpaired) electrons. The summed E-state index contributed by atoms with van der Waals surface area (Å²) < 4.78 is 0. The van der Waals surface area contributed by atoms with Gasteiger partial charge in [-0.1, -0.05) is 48.5 Å². The summed E-state index contributed by atoms with van der Waals surface area (Å²) in [6.45, 7) is 0. The molecule has 0 unspecified atom stereocenters. The third-order valence-electron chi connectivity index (χ3n) is 3.02. The van der Waals surface area contributed by atoms with Gasteiger partial charge in [-0.3, -0.25) is 10.1 Å². The average molecular weight is 264 g/mol. The molecule has 1 aliphatic heterocycles. The molecule has 3 rings (SSSR count). The minimum Gasteiger partial charge on any atom is -0.303 e. The molecular weight excluding hydrogens is 252 g/mol. The molecule has 3 amide bonds. The second-order valence-corrected chi connectivity index (χ2v) is 4.46. The molecule has 0 atom stereocenters. The number of hydrogen-bond acceptors (Lipinski definition) is 2. The molecule has 0 saturated carbocycles. The predicted octanol–water partition coefficient (Wildman–Crippen LogP) is 2.53. The van der Waals surface area contributed by atoms with E-state index in [1.807, 2.05) is 54.6 Å². The first-order valence-corrected chi connectivity index (χ1v) is 6.22. The molecule has 2 N–H and O–H groups in total. The zero-order valence-corrected chi connectivity index (χ0v) is 10.6. The SMILES string of the molecule is O=C1NC(=O)/C(=C/c2cccc(-c3ccccc3)c2)N1. The summed E-state index contributed by atoms with van der Waals surface area (Å²) in [6, 6.07) is 17.3. The van der Waals surface area contributed by atoms with Gasteiger partial charge < -0.3 is 5.32 Å². The van der Waals surface area contributed by atoms with E-state index in [-0.39, 0.29) is 5.70 Å². The second-order valence-electron chi connectivity index (χ2n) is 4.46. The van der Waals surface area contributed by atoms with E-state index >= 15 is 0 Å². The van der Waals surface area contributed by atoms with E-state index in [2.05, 4.69) is 10.6 Å². The smallest absolute Gasteiger partial charge is 0.303 e. The molecule has 4 nitrogen and oxygen atoms in total. The Balaban J connectivity index is 1.95. The van der Waals surface area contributed by atoms with Crippen LogP contribution < -0.4 is 10.6 Å². The number of carbonyl (C=O) groups excluding carboxylic acids is 2. The van der Waals surface area contributed by atoms with Crippen molar-refractivity contribution >= 4 is 18.0 Å². The number of benzene rings is 2. The zero-order valence-electron chi connectivity index (χ0n) is 10.6. The Morgan fingerprint density at radius 1 is 0.800 bits per heavy atom. The molecule has 2 aromatic carbocycles. The predicted molar refractivity (Wildman–Crippen MR) is 76.5 cm³/mol. The number of carbonyl (C=O) groups is 2. The van der Waals surface area contributed by atoms with Crippen LogP contribution in [0, 0.1) is 0 Å². The van der Waals surface area contributed by atoms with Crippen LogP contribution in [0.15, 0.2) is 60.3 Å². The Kier molecular flexibility index (Phi) is 3.05. The number of rotatable bonds is 2. The van der Waals surface area contributed by atoms with Crippen LogP contribution >= 0.6 is 0 Å². The standard InChI is InChI=1S/C16H12N2O2/c19-15-14(17-16(20)18-15)10-11-5-4-8-13(9-11)12-6-2-1-3-7-12/h1-10H,(H2,17,18,19,20)/b14-10-. The van der Waals surface area contributed by atoms with E-state index in [1.165, 1.54) is 0 Å². The summed E-state index contributed by atoms with van der Waals surface area (Å²) >= 11 is 0. The van der Waals surface area contributed by atoms with Gasteiger partial charge in [0.25, 0.3) is 5.91 Å². The molecule has 98 valence electrons. The van der Waals surface area contributed by atoms with Crippen LogP contribution in [-0.4, -0.2) is 11.9 Å². The van der Waals surface area contributed by atoms with Crippen molar-refractivity contribution in [2.75, 3.05) is 0 Å². The van der Waals surface area contributed by atoms with Gasteiger partial charge in [-0.05, 0) is 28.8 Å². The van der Waals surface area contributed by atoms with Crippen LogP contribution in [-0.2, 0) is 4.79 Å². The minimum absolute atomic E-state index is 0.264. The van der Waals surface area contributed by atoms with Crippen LogP contribution in [0.4, 0.5) is 4.79 Å².